The minimum absolute atomic E-state index is 0.173. The first kappa shape index (κ1) is 16.1. The lowest BCUT2D eigenvalue weighted by molar-refractivity contribution is 0.946. The maximum atomic E-state index is 5.89. The quantitative estimate of drug-likeness (QED) is 0.530. The van der Waals surface area contributed by atoms with Crippen molar-refractivity contribution >= 4 is 11.4 Å². The van der Waals surface area contributed by atoms with Gasteiger partial charge >= 0.3 is 0 Å². The van der Waals surface area contributed by atoms with E-state index in [-0.39, 0.29) is 5.92 Å². The van der Waals surface area contributed by atoms with Crippen LogP contribution in [0.4, 0.5) is 11.4 Å². The van der Waals surface area contributed by atoms with Crippen LogP contribution in [0.25, 0.3) is 0 Å². The Labute approximate surface area is 144 Å². The predicted molar refractivity (Wildman–Crippen MR) is 103 cm³/mol. The molecule has 0 saturated carbocycles. The monoisotopic (exact) mass is 316 g/mol. The van der Waals surface area contributed by atoms with Gasteiger partial charge in [0.05, 0.1) is 0 Å². The summed E-state index contributed by atoms with van der Waals surface area (Å²) in [7, 11) is 0. The molecular formula is C22H24N2. The molecule has 0 fully saturated rings. The van der Waals surface area contributed by atoms with Gasteiger partial charge in [0.1, 0.15) is 0 Å². The van der Waals surface area contributed by atoms with Crippen LogP contribution in [-0.4, -0.2) is 0 Å². The van der Waals surface area contributed by atoms with Gasteiger partial charge in [0.2, 0.25) is 0 Å². The first-order valence-electron chi connectivity index (χ1n) is 8.24. The number of benzene rings is 3. The Morgan fingerprint density at radius 1 is 0.625 bits per heavy atom. The molecule has 0 aliphatic carbocycles. The molecule has 2 nitrogen and oxygen atoms in total. The fourth-order valence-corrected chi connectivity index (χ4v) is 3.55. The SMILES string of the molecule is Cc1cc(C)c(C(c2ccc(N)cc2)c2ccc(N)cc2)c(C)c1. The summed E-state index contributed by atoms with van der Waals surface area (Å²) in [6.07, 6.45) is 0. The Morgan fingerprint density at radius 2 is 1.00 bits per heavy atom. The van der Waals surface area contributed by atoms with E-state index in [1.165, 1.54) is 33.4 Å². The van der Waals surface area contributed by atoms with E-state index in [0.717, 1.165) is 11.4 Å². The van der Waals surface area contributed by atoms with Crippen LogP contribution in [-0.2, 0) is 0 Å². The first-order valence-corrected chi connectivity index (χ1v) is 8.24. The summed E-state index contributed by atoms with van der Waals surface area (Å²) in [5.41, 5.74) is 21.1. The Hall–Kier alpha value is -2.74. The number of nitrogen functional groups attached to an aromatic ring is 2. The largest absolute Gasteiger partial charge is 0.399 e. The lowest BCUT2D eigenvalue weighted by Crippen LogP contribution is -2.08. The van der Waals surface area contributed by atoms with Crippen LogP contribution in [0.5, 0.6) is 0 Å². The molecule has 24 heavy (non-hydrogen) atoms. The van der Waals surface area contributed by atoms with Gasteiger partial charge in [-0.3, -0.25) is 0 Å². The Kier molecular flexibility index (Phi) is 4.30. The molecule has 3 rings (SSSR count). The second kappa shape index (κ2) is 6.40. The first-order chi connectivity index (χ1) is 11.5. The summed E-state index contributed by atoms with van der Waals surface area (Å²) in [6.45, 7) is 6.53. The van der Waals surface area contributed by atoms with E-state index >= 15 is 0 Å². The Bertz CT molecular complexity index is 778. The van der Waals surface area contributed by atoms with Crippen LogP contribution in [0.2, 0.25) is 0 Å². The van der Waals surface area contributed by atoms with Crippen molar-refractivity contribution in [3.05, 3.63) is 94.0 Å². The lowest BCUT2D eigenvalue weighted by Gasteiger charge is -2.24. The molecule has 0 saturated heterocycles. The smallest absolute Gasteiger partial charge is 0.0345 e. The van der Waals surface area contributed by atoms with E-state index in [1.807, 2.05) is 24.3 Å². The molecule has 0 heterocycles. The van der Waals surface area contributed by atoms with Gasteiger partial charge in [-0.25, -0.2) is 0 Å². The normalized spacial score (nSPS) is 11.0. The van der Waals surface area contributed by atoms with Crippen molar-refractivity contribution in [2.24, 2.45) is 0 Å². The summed E-state index contributed by atoms with van der Waals surface area (Å²) in [4.78, 5) is 0. The molecule has 4 N–H and O–H groups in total. The Balaban J connectivity index is 2.22. The van der Waals surface area contributed by atoms with E-state index in [4.69, 9.17) is 11.5 Å². The molecule has 122 valence electrons. The highest BCUT2D eigenvalue weighted by Crippen LogP contribution is 2.36. The highest BCUT2D eigenvalue weighted by molar-refractivity contribution is 5.54. The topological polar surface area (TPSA) is 52.0 Å². The molecule has 0 radical (unpaired) electrons. The van der Waals surface area contributed by atoms with Crippen LogP contribution in [0.15, 0.2) is 60.7 Å². The number of hydrogen-bond donors (Lipinski definition) is 2. The highest BCUT2D eigenvalue weighted by Gasteiger charge is 2.20. The summed E-state index contributed by atoms with van der Waals surface area (Å²) in [6, 6.07) is 20.9. The third-order valence-electron chi connectivity index (χ3n) is 4.57. The fraction of sp³-hybridized carbons (Fsp3) is 0.182. The van der Waals surface area contributed by atoms with Crippen molar-refractivity contribution in [2.75, 3.05) is 11.5 Å². The van der Waals surface area contributed by atoms with Crippen molar-refractivity contribution in [1.29, 1.82) is 0 Å². The van der Waals surface area contributed by atoms with Crippen LogP contribution >= 0.6 is 0 Å². The summed E-state index contributed by atoms with van der Waals surface area (Å²) in [5, 5.41) is 0. The number of nitrogens with two attached hydrogens (primary N) is 2. The molecule has 0 aromatic heterocycles. The van der Waals surface area contributed by atoms with Gasteiger partial charge in [0.15, 0.2) is 0 Å². The second-order valence-corrected chi connectivity index (χ2v) is 6.58. The molecule has 0 amide bonds. The lowest BCUT2D eigenvalue weighted by atomic mass is 9.80. The predicted octanol–water partition coefficient (Wildman–Crippen LogP) is 4.96. The van der Waals surface area contributed by atoms with Crippen molar-refractivity contribution < 1.29 is 0 Å². The van der Waals surface area contributed by atoms with Gasteiger partial charge in [-0.2, -0.15) is 0 Å². The van der Waals surface area contributed by atoms with Gasteiger partial charge in [0, 0.05) is 17.3 Å². The van der Waals surface area contributed by atoms with Crippen molar-refractivity contribution in [3.8, 4) is 0 Å². The summed E-state index contributed by atoms with van der Waals surface area (Å²) < 4.78 is 0. The fourth-order valence-electron chi connectivity index (χ4n) is 3.55. The summed E-state index contributed by atoms with van der Waals surface area (Å²) in [5.74, 6) is 0.173. The van der Waals surface area contributed by atoms with Crippen molar-refractivity contribution in [2.45, 2.75) is 26.7 Å². The zero-order valence-electron chi connectivity index (χ0n) is 14.5. The molecule has 3 aromatic rings. The van der Waals surface area contributed by atoms with E-state index in [2.05, 4.69) is 57.2 Å². The van der Waals surface area contributed by atoms with Crippen molar-refractivity contribution in [3.63, 3.8) is 0 Å². The maximum Gasteiger partial charge on any atom is 0.0345 e. The third-order valence-corrected chi connectivity index (χ3v) is 4.57. The summed E-state index contributed by atoms with van der Waals surface area (Å²) >= 11 is 0. The van der Waals surface area contributed by atoms with Crippen LogP contribution in [0, 0.1) is 20.8 Å². The molecular weight excluding hydrogens is 292 g/mol. The third kappa shape index (κ3) is 3.13. The Morgan fingerprint density at radius 3 is 1.38 bits per heavy atom. The standard InChI is InChI=1S/C22H24N2/c1-14-12-15(2)21(16(3)13-14)22(17-4-8-19(23)9-5-17)18-6-10-20(24)11-7-18/h4-13,22H,23-24H2,1-3H3. The molecule has 0 unspecified atom stereocenters. The van der Waals surface area contributed by atoms with Gasteiger partial charge in [-0.1, -0.05) is 42.0 Å². The van der Waals surface area contributed by atoms with Gasteiger partial charge in [-0.15, -0.1) is 0 Å². The number of hydrogen-bond acceptors (Lipinski definition) is 2. The van der Waals surface area contributed by atoms with Gasteiger partial charge in [0.25, 0.3) is 0 Å². The zero-order chi connectivity index (χ0) is 17.3. The van der Waals surface area contributed by atoms with Gasteiger partial charge < -0.3 is 11.5 Å². The van der Waals surface area contributed by atoms with Crippen molar-refractivity contribution in [1.82, 2.24) is 0 Å². The van der Waals surface area contributed by atoms with E-state index in [0.29, 0.717) is 0 Å². The van der Waals surface area contributed by atoms with E-state index in [1.54, 1.807) is 0 Å². The minimum atomic E-state index is 0.173. The molecule has 0 aliphatic heterocycles. The molecule has 0 spiro atoms. The van der Waals surface area contributed by atoms with E-state index in [9.17, 15) is 0 Å². The average molecular weight is 316 g/mol. The number of anilines is 2. The molecule has 0 aliphatic rings. The molecule has 0 atom stereocenters. The number of aryl methyl sites for hydroxylation is 3. The highest BCUT2D eigenvalue weighted by atomic mass is 14.5. The maximum absolute atomic E-state index is 5.89. The zero-order valence-corrected chi connectivity index (χ0v) is 14.5. The van der Waals surface area contributed by atoms with E-state index < -0.39 is 0 Å². The van der Waals surface area contributed by atoms with Crippen LogP contribution < -0.4 is 11.5 Å². The number of rotatable bonds is 3. The second-order valence-electron chi connectivity index (χ2n) is 6.58. The average Bonchev–Trinajstić information content (AvgIpc) is 2.53. The van der Waals surface area contributed by atoms with Crippen LogP contribution in [0.3, 0.4) is 0 Å². The molecule has 0 bridgehead atoms. The molecule has 2 heteroatoms. The molecule has 3 aromatic carbocycles. The minimum Gasteiger partial charge on any atom is -0.399 e. The van der Waals surface area contributed by atoms with Crippen LogP contribution in [0.1, 0.15) is 39.3 Å². The van der Waals surface area contributed by atoms with Gasteiger partial charge in [-0.05, 0) is 72.9 Å².